The second kappa shape index (κ2) is 8.57. The number of nitrogens with one attached hydrogen (secondary N) is 1. The molecule has 0 amide bonds. The number of halogens is 2. The topological polar surface area (TPSA) is 21.3 Å². The Kier molecular flexibility index (Phi) is 6.74. The zero-order valence-electron chi connectivity index (χ0n) is 12.0. The van der Waals surface area contributed by atoms with Crippen molar-refractivity contribution in [2.24, 2.45) is 0 Å². The fraction of sp³-hybridized carbons (Fsp3) is 0.294. The fourth-order valence-electron chi connectivity index (χ4n) is 2.11. The first-order valence-electron chi connectivity index (χ1n) is 7.06. The highest BCUT2D eigenvalue weighted by Crippen LogP contribution is 2.34. The summed E-state index contributed by atoms with van der Waals surface area (Å²) in [5.41, 5.74) is 2.59. The van der Waals surface area contributed by atoms with Gasteiger partial charge < -0.3 is 10.1 Å². The van der Waals surface area contributed by atoms with Gasteiger partial charge in [0.05, 0.1) is 15.6 Å². The van der Waals surface area contributed by atoms with Crippen LogP contribution in [0.4, 0.5) is 0 Å². The molecule has 0 atom stereocenters. The lowest BCUT2D eigenvalue weighted by molar-refractivity contribution is 0.336. The molecule has 2 rings (SSSR count). The van der Waals surface area contributed by atoms with Crippen LogP contribution in [-0.4, -0.2) is 13.2 Å². The van der Waals surface area contributed by atoms with Gasteiger partial charge >= 0.3 is 0 Å². The third kappa shape index (κ3) is 5.13. The van der Waals surface area contributed by atoms with E-state index in [1.807, 2.05) is 13.0 Å². The Morgan fingerprint density at radius 3 is 2.29 bits per heavy atom. The first-order chi connectivity index (χ1) is 10.2. The van der Waals surface area contributed by atoms with E-state index in [2.05, 4.69) is 73.6 Å². The average molecular weight is 413 g/mol. The van der Waals surface area contributed by atoms with Crippen LogP contribution in [0.15, 0.2) is 51.4 Å². The van der Waals surface area contributed by atoms with E-state index in [0.717, 1.165) is 34.2 Å². The molecule has 2 aromatic rings. The largest absolute Gasteiger partial charge is 0.492 e. The Bertz CT molecular complexity index is 549. The molecule has 2 nitrogen and oxygen atoms in total. The Morgan fingerprint density at radius 2 is 1.67 bits per heavy atom. The monoisotopic (exact) mass is 411 g/mol. The summed E-state index contributed by atoms with van der Waals surface area (Å²) in [5.74, 6) is 0.866. The Morgan fingerprint density at radius 1 is 1.00 bits per heavy atom. The normalized spacial score (nSPS) is 10.6. The van der Waals surface area contributed by atoms with E-state index in [0.29, 0.717) is 6.61 Å². The quantitative estimate of drug-likeness (QED) is 0.650. The van der Waals surface area contributed by atoms with Crippen molar-refractivity contribution in [3.63, 3.8) is 0 Å². The second-order valence-electron chi connectivity index (χ2n) is 4.73. The first-order valence-corrected chi connectivity index (χ1v) is 8.64. The third-order valence-electron chi connectivity index (χ3n) is 3.11. The molecule has 0 aliphatic carbocycles. The highest BCUT2D eigenvalue weighted by molar-refractivity contribution is 9.11. The summed E-state index contributed by atoms with van der Waals surface area (Å²) in [5, 5.41) is 3.47. The van der Waals surface area contributed by atoms with Gasteiger partial charge in [-0.05, 0) is 75.0 Å². The van der Waals surface area contributed by atoms with Crippen LogP contribution in [-0.2, 0) is 13.0 Å². The van der Waals surface area contributed by atoms with Crippen LogP contribution in [0, 0.1) is 0 Å². The molecule has 0 spiro atoms. The summed E-state index contributed by atoms with van der Waals surface area (Å²) < 4.78 is 7.56. The highest BCUT2D eigenvalue weighted by atomic mass is 79.9. The molecule has 0 bridgehead atoms. The number of ether oxygens (including phenoxy) is 1. The van der Waals surface area contributed by atoms with E-state index in [1.165, 1.54) is 11.1 Å². The summed E-state index contributed by atoms with van der Waals surface area (Å²) in [4.78, 5) is 0. The summed E-state index contributed by atoms with van der Waals surface area (Å²) in [6.45, 7) is 4.45. The van der Waals surface area contributed by atoms with Gasteiger partial charge in [-0.1, -0.05) is 30.3 Å². The van der Waals surface area contributed by atoms with Gasteiger partial charge in [0.2, 0.25) is 0 Å². The molecule has 0 aromatic heterocycles. The standard InChI is InChI=1S/C17H19Br2NO/c1-2-21-17-15(18)10-14(11-16(17)19)12-20-9-8-13-6-4-3-5-7-13/h3-7,10-11,20H,2,8-9,12H2,1H3. The van der Waals surface area contributed by atoms with Crippen molar-refractivity contribution in [2.45, 2.75) is 19.9 Å². The summed E-state index contributed by atoms with van der Waals surface area (Å²) in [6, 6.07) is 14.7. The molecule has 112 valence electrons. The van der Waals surface area contributed by atoms with Gasteiger partial charge in [0.15, 0.2) is 0 Å². The molecule has 0 aliphatic rings. The summed E-state index contributed by atoms with van der Waals surface area (Å²) in [7, 11) is 0. The minimum Gasteiger partial charge on any atom is -0.492 e. The van der Waals surface area contributed by atoms with Gasteiger partial charge in [-0.3, -0.25) is 0 Å². The van der Waals surface area contributed by atoms with Crippen LogP contribution in [0.2, 0.25) is 0 Å². The van der Waals surface area contributed by atoms with Crippen molar-refractivity contribution in [3.8, 4) is 5.75 Å². The predicted molar refractivity (Wildman–Crippen MR) is 94.9 cm³/mol. The molecular weight excluding hydrogens is 394 g/mol. The van der Waals surface area contributed by atoms with Crippen LogP contribution < -0.4 is 10.1 Å². The predicted octanol–water partition coefficient (Wildman–Crippen LogP) is 4.94. The molecule has 0 fully saturated rings. The molecular formula is C17H19Br2NO. The van der Waals surface area contributed by atoms with E-state index in [1.54, 1.807) is 0 Å². The zero-order chi connectivity index (χ0) is 15.1. The molecule has 0 heterocycles. The average Bonchev–Trinajstić information content (AvgIpc) is 2.48. The molecule has 0 radical (unpaired) electrons. The van der Waals surface area contributed by atoms with Gasteiger partial charge in [0.25, 0.3) is 0 Å². The highest BCUT2D eigenvalue weighted by Gasteiger charge is 2.08. The Labute approximate surface area is 143 Å². The van der Waals surface area contributed by atoms with Crippen LogP contribution in [0.1, 0.15) is 18.1 Å². The lowest BCUT2D eigenvalue weighted by Crippen LogP contribution is -2.16. The molecule has 4 heteroatoms. The smallest absolute Gasteiger partial charge is 0.147 e. The number of benzene rings is 2. The first kappa shape index (κ1) is 16.5. The van der Waals surface area contributed by atoms with Gasteiger partial charge in [0, 0.05) is 6.54 Å². The van der Waals surface area contributed by atoms with Crippen molar-refractivity contribution in [3.05, 3.63) is 62.5 Å². The number of hydrogen-bond acceptors (Lipinski definition) is 2. The summed E-state index contributed by atoms with van der Waals surface area (Å²) >= 11 is 7.12. The van der Waals surface area contributed by atoms with Crippen LogP contribution in [0.25, 0.3) is 0 Å². The van der Waals surface area contributed by atoms with Gasteiger partial charge in [-0.25, -0.2) is 0 Å². The van der Waals surface area contributed by atoms with E-state index in [9.17, 15) is 0 Å². The SMILES string of the molecule is CCOc1c(Br)cc(CNCCc2ccccc2)cc1Br. The van der Waals surface area contributed by atoms with Crippen molar-refractivity contribution in [1.82, 2.24) is 5.32 Å². The van der Waals surface area contributed by atoms with Crippen LogP contribution >= 0.6 is 31.9 Å². The van der Waals surface area contributed by atoms with Gasteiger partial charge in [0.1, 0.15) is 5.75 Å². The maximum Gasteiger partial charge on any atom is 0.147 e. The Balaban J connectivity index is 1.86. The van der Waals surface area contributed by atoms with Crippen molar-refractivity contribution in [2.75, 3.05) is 13.2 Å². The van der Waals surface area contributed by atoms with Crippen molar-refractivity contribution in [1.29, 1.82) is 0 Å². The van der Waals surface area contributed by atoms with Crippen LogP contribution in [0.5, 0.6) is 5.75 Å². The maximum atomic E-state index is 5.59. The number of rotatable bonds is 7. The molecule has 0 saturated carbocycles. The van der Waals surface area contributed by atoms with E-state index < -0.39 is 0 Å². The molecule has 2 aromatic carbocycles. The van der Waals surface area contributed by atoms with Crippen LogP contribution in [0.3, 0.4) is 0 Å². The van der Waals surface area contributed by atoms with Crippen molar-refractivity contribution < 1.29 is 4.74 Å². The summed E-state index contributed by atoms with van der Waals surface area (Å²) in [6.07, 6.45) is 1.04. The molecule has 0 saturated heterocycles. The van der Waals surface area contributed by atoms with Gasteiger partial charge in [-0.2, -0.15) is 0 Å². The third-order valence-corrected chi connectivity index (χ3v) is 4.29. The lowest BCUT2D eigenvalue weighted by Gasteiger charge is -2.11. The van der Waals surface area contributed by atoms with E-state index in [-0.39, 0.29) is 0 Å². The molecule has 1 N–H and O–H groups in total. The minimum atomic E-state index is 0.659. The van der Waals surface area contributed by atoms with Gasteiger partial charge in [-0.15, -0.1) is 0 Å². The molecule has 0 unspecified atom stereocenters. The minimum absolute atomic E-state index is 0.659. The zero-order valence-corrected chi connectivity index (χ0v) is 15.2. The second-order valence-corrected chi connectivity index (χ2v) is 6.44. The van der Waals surface area contributed by atoms with E-state index >= 15 is 0 Å². The molecule has 21 heavy (non-hydrogen) atoms. The maximum absolute atomic E-state index is 5.59. The number of hydrogen-bond donors (Lipinski definition) is 1. The fourth-order valence-corrected chi connectivity index (χ4v) is 3.62. The van der Waals surface area contributed by atoms with E-state index in [4.69, 9.17) is 4.74 Å². The Hall–Kier alpha value is -0.840. The molecule has 0 aliphatic heterocycles. The lowest BCUT2D eigenvalue weighted by atomic mass is 10.1. The van der Waals surface area contributed by atoms with Crippen molar-refractivity contribution >= 4 is 31.9 Å².